The van der Waals surface area contributed by atoms with Gasteiger partial charge >= 0.3 is 0 Å². The first-order valence-corrected chi connectivity index (χ1v) is 15.4. The minimum atomic E-state index is -0.0124. The maximum Gasteiger partial charge on any atom is 0.146 e. The molecule has 0 unspecified atom stereocenters. The van der Waals surface area contributed by atoms with E-state index in [0.717, 1.165) is 20.1 Å². The van der Waals surface area contributed by atoms with E-state index in [1.54, 1.807) is 0 Å². The molecule has 220 valence electrons. The summed E-state index contributed by atoms with van der Waals surface area (Å²) in [6.07, 6.45) is 2.44. The number of aliphatic hydroxyl groups is 2. The maximum absolute atomic E-state index is 11.5. The van der Waals surface area contributed by atoms with Gasteiger partial charge in [-0.15, -0.1) is 30.0 Å². The second-order valence-corrected chi connectivity index (χ2v) is 12.2. The van der Waals surface area contributed by atoms with Crippen LogP contribution in [0, 0.1) is 0 Å². The minimum absolute atomic E-state index is 0.0124. The Morgan fingerprint density at radius 2 is 0.977 bits per heavy atom. The lowest BCUT2D eigenvalue weighted by Gasteiger charge is -2.16. The molecule has 2 heterocycles. The van der Waals surface area contributed by atoms with E-state index in [9.17, 15) is 20.4 Å². The molecule has 2 aromatic heterocycles. The second kappa shape index (κ2) is 12.4. The number of benzene rings is 4. The van der Waals surface area contributed by atoms with Gasteiger partial charge in [0.1, 0.15) is 44.9 Å². The van der Waals surface area contributed by atoms with Crippen LogP contribution in [0.25, 0.3) is 33.4 Å². The maximum atomic E-state index is 11.5. The third-order valence-electron chi connectivity index (χ3n) is 7.20. The summed E-state index contributed by atoms with van der Waals surface area (Å²) in [7, 11) is 0. The van der Waals surface area contributed by atoms with E-state index in [-0.39, 0.29) is 31.1 Å². The van der Waals surface area contributed by atoms with E-state index < -0.39 is 0 Å². The zero-order valence-electron chi connectivity index (χ0n) is 23.0. The molecule has 0 bridgehead atoms. The fourth-order valence-corrected chi connectivity index (χ4v) is 5.81. The lowest BCUT2D eigenvalue weighted by molar-refractivity contribution is 0.288. The van der Waals surface area contributed by atoms with Crippen molar-refractivity contribution in [2.24, 2.45) is 0 Å². The van der Waals surface area contributed by atoms with Crippen LogP contribution in [0.2, 0.25) is 0 Å². The molecule has 0 aliphatic heterocycles. The number of aryl methyl sites for hydroxylation is 2. The highest BCUT2D eigenvalue weighted by Gasteiger charge is 2.20. The number of aromatic nitrogens is 6. The summed E-state index contributed by atoms with van der Waals surface area (Å²) >= 11 is 6.93. The molecule has 10 nitrogen and oxygen atoms in total. The van der Waals surface area contributed by atoms with Gasteiger partial charge in [-0.1, -0.05) is 44.0 Å². The van der Waals surface area contributed by atoms with Crippen LogP contribution < -0.4 is 0 Å². The summed E-state index contributed by atoms with van der Waals surface area (Å²) in [5.41, 5.74) is 6.40. The smallest absolute Gasteiger partial charge is 0.146 e. The first kappa shape index (κ1) is 29.2. The van der Waals surface area contributed by atoms with E-state index in [4.69, 9.17) is 0 Å². The Hall–Kier alpha value is -3.84. The van der Waals surface area contributed by atoms with Crippen molar-refractivity contribution in [1.29, 1.82) is 0 Å². The van der Waals surface area contributed by atoms with Crippen LogP contribution >= 0.6 is 31.9 Å². The van der Waals surface area contributed by atoms with Crippen molar-refractivity contribution in [1.82, 2.24) is 30.0 Å². The Labute approximate surface area is 263 Å². The summed E-state index contributed by atoms with van der Waals surface area (Å²) < 4.78 is 1.74. The third kappa shape index (κ3) is 6.14. The highest BCUT2D eigenvalue weighted by atomic mass is 79.9. The average Bonchev–Trinajstić information content (AvgIpc) is 3.61. The van der Waals surface area contributed by atoms with Crippen LogP contribution in [0.1, 0.15) is 35.1 Å². The molecule has 4 aromatic carbocycles. The molecule has 6 aromatic rings. The Balaban J connectivity index is 1.46. The van der Waals surface area contributed by atoms with Crippen molar-refractivity contribution < 1.29 is 20.4 Å². The summed E-state index contributed by atoms with van der Waals surface area (Å²) in [5, 5.41) is 60.4. The van der Waals surface area contributed by atoms with Gasteiger partial charge in [-0.2, -0.15) is 0 Å². The van der Waals surface area contributed by atoms with Gasteiger partial charge in [-0.25, -0.2) is 0 Å². The molecule has 0 spiro atoms. The van der Waals surface area contributed by atoms with Gasteiger partial charge in [-0.3, -0.25) is 0 Å². The van der Waals surface area contributed by atoms with Crippen LogP contribution in [0.5, 0.6) is 11.5 Å². The van der Waals surface area contributed by atoms with Crippen LogP contribution in [0.3, 0.4) is 0 Å². The molecule has 0 saturated heterocycles. The van der Waals surface area contributed by atoms with Gasteiger partial charge in [0.25, 0.3) is 0 Å². The number of phenolic OH excluding ortho intramolecular Hbond substituents is 2. The van der Waals surface area contributed by atoms with E-state index in [1.807, 2.05) is 60.7 Å². The van der Waals surface area contributed by atoms with Gasteiger partial charge < -0.3 is 20.4 Å². The Morgan fingerprint density at radius 1 is 0.558 bits per heavy atom. The first-order chi connectivity index (χ1) is 20.8. The van der Waals surface area contributed by atoms with Crippen molar-refractivity contribution >= 4 is 53.9 Å². The van der Waals surface area contributed by atoms with Crippen molar-refractivity contribution in [2.45, 2.75) is 32.1 Å². The lowest BCUT2D eigenvalue weighted by Crippen LogP contribution is -2.06. The molecular weight excluding hydrogens is 680 g/mol. The third-order valence-corrected chi connectivity index (χ3v) is 8.19. The van der Waals surface area contributed by atoms with Gasteiger partial charge in [-0.05, 0) is 85.3 Å². The van der Waals surface area contributed by atoms with Crippen LogP contribution in [0.15, 0.2) is 69.6 Å². The highest BCUT2D eigenvalue weighted by Crippen LogP contribution is 2.35. The van der Waals surface area contributed by atoms with E-state index in [0.29, 0.717) is 70.3 Å². The van der Waals surface area contributed by atoms with Crippen molar-refractivity contribution in [3.8, 4) is 22.9 Å². The summed E-state index contributed by atoms with van der Waals surface area (Å²) in [6.45, 7) is 0.0602. The Morgan fingerprint density at radius 3 is 1.40 bits per heavy atom. The van der Waals surface area contributed by atoms with Crippen molar-refractivity contribution in [3.05, 3.63) is 91.9 Å². The van der Waals surface area contributed by atoms with Crippen LogP contribution in [-0.2, 0) is 19.3 Å². The number of rotatable bonds is 10. The van der Waals surface area contributed by atoms with Gasteiger partial charge in [0.05, 0.1) is 0 Å². The SMILES string of the molecule is OCCCc1cc(Cc2cc(CCCO)cc(-n3nc4ccc(Br)cc4n3)c2O)c(O)c(-n2nc3ccc(Br)cc3n2)c1. The summed E-state index contributed by atoms with van der Waals surface area (Å²) in [4.78, 5) is 2.83. The number of hydrogen-bond acceptors (Lipinski definition) is 8. The first-order valence-electron chi connectivity index (χ1n) is 13.8. The highest BCUT2D eigenvalue weighted by molar-refractivity contribution is 9.10. The molecule has 4 N–H and O–H groups in total. The fraction of sp³-hybridized carbons (Fsp3) is 0.226. The number of halogens is 2. The van der Waals surface area contributed by atoms with Gasteiger partial charge in [0.15, 0.2) is 0 Å². The normalized spacial score (nSPS) is 11.6. The molecule has 12 heteroatoms. The molecule has 0 atom stereocenters. The van der Waals surface area contributed by atoms with Crippen LogP contribution in [0.4, 0.5) is 0 Å². The molecule has 0 aliphatic rings. The number of nitrogens with zero attached hydrogens (tertiary/aromatic N) is 6. The zero-order valence-corrected chi connectivity index (χ0v) is 26.1. The molecule has 43 heavy (non-hydrogen) atoms. The molecule has 0 radical (unpaired) electrons. The standard InChI is InChI=1S/C31H28Br2N6O4/c32-22-5-7-24-26(16-22)36-38(34-24)28-13-18(3-1-9-40)11-20(30(28)42)15-21-12-19(4-2-10-41)14-29(31(21)43)39-35-25-8-6-23(33)17-27(25)37-39/h5-8,11-14,16-17,40-43H,1-4,9-10,15H2. The Bertz CT molecular complexity index is 1820. The molecule has 0 fully saturated rings. The lowest BCUT2D eigenvalue weighted by atomic mass is 9.95. The second-order valence-electron chi connectivity index (χ2n) is 10.3. The predicted molar refractivity (Wildman–Crippen MR) is 170 cm³/mol. The van der Waals surface area contributed by atoms with Crippen LogP contribution in [-0.4, -0.2) is 63.6 Å². The average molecular weight is 708 g/mol. The number of aromatic hydroxyl groups is 2. The number of aliphatic hydroxyl groups excluding tert-OH is 2. The molecular formula is C31H28Br2N6O4. The van der Waals surface area contributed by atoms with Crippen molar-refractivity contribution in [3.63, 3.8) is 0 Å². The number of hydrogen-bond donors (Lipinski definition) is 4. The van der Waals surface area contributed by atoms with E-state index in [2.05, 4.69) is 52.3 Å². The largest absolute Gasteiger partial charge is 0.505 e. The van der Waals surface area contributed by atoms with E-state index >= 15 is 0 Å². The fourth-order valence-electron chi connectivity index (χ4n) is 5.11. The molecule has 0 amide bonds. The molecule has 0 aliphatic carbocycles. The molecule has 6 rings (SSSR count). The topological polar surface area (TPSA) is 142 Å². The summed E-state index contributed by atoms with van der Waals surface area (Å²) in [6, 6.07) is 18.6. The van der Waals surface area contributed by atoms with Crippen molar-refractivity contribution in [2.75, 3.05) is 13.2 Å². The van der Waals surface area contributed by atoms with E-state index in [1.165, 1.54) is 9.59 Å². The minimum Gasteiger partial charge on any atom is -0.505 e. The Kier molecular flexibility index (Phi) is 8.44. The number of fused-ring (bicyclic) bond motifs is 2. The van der Waals surface area contributed by atoms with Gasteiger partial charge in [0.2, 0.25) is 0 Å². The van der Waals surface area contributed by atoms with Gasteiger partial charge in [0, 0.05) is 39.7 Å². The zero-order chi connectivity index (χ0) is 30.1. The number of phenols is 2. The monoisotopic (exact) mass is 706 g/mol. The molecule has 0 saturated carbocycles. The summed E-state index contributed by atoms with van der Waals surface area (Å²) in [5.74, 6) is -0.0248. The predicted octanol–water partition coefficient (Wildman–Crippen LogP) is 5.53. The quantitative estimate of drug-likeness (QED) is 0.146.